The molecule has 2 aromatic rings. The number of nitrogens with zero attached hydrogens (tertiary/aromatic N) is 2. The van der Waals surface area contributed by atoms with E-state index in [0.717, 1.165) is 0 Å². The largest absolute Gasteiger partial charge is 0.480 e. The minimum absolute atomic E-state index is 0.150. The van der Waals surface area contributed by atoms with E-state index in [1.165, 1.54) is 4.57 Å². The minimum Gasteiger partial charge on any atom is -0.480 e. The molecule has 0 bridgehead atoms. The molecule has 0 saturated carbocycles. The molecular formula is C16H15BrN4O5. The third-order valence-electron chi connectivity index (χ3n) is 4.09. The third-order valence-corrected chi connectivity index (χ3v) is 4.55. The van der Waals surface area contributed by atoms with Crippen LogP contribution in [0.3, 0.4) is 0 Å². The van der Waals surface area contributed by atoms with E-state index in [-0.39, 0.29) is 30.9 Å². The van der Waals surface area contributed by atoms with Gasteiger partial charge in [0.15, 0.2) is 0 Å². The Bertz CT molecular complexity index is 952. The van der Waals surface area contributed by atoms with Crippen molar-refractivity contribution in [1.82, 2.24) is 20.2 Å². The first kappa shape index (κ1) is 18.1. The van der Waals surface area contributed by atoms with Crippen LogP contribution >= 0.6 is 15.9 Å². The van der Waals surface area contributed by atoms with Gasteiger partial charge in [-0.2, -0.15) is 0 Å². The molecule has 136 valence electrons. The summed E-state index contributed by atoms with van der Waals surface area (Å²) in [7, 11) is 0. The highest BCUT2D eigenvalue weighted by molar-refractivity contribution is 9.10. The van der Waals surface area contributed by atoms with Crippen molar-refractivity contribution < 1.29 is 24.3 Å². The molecule has 0 radical (unpaired) electrons. The lowest BCUT2D eigenvalue weighted by Gasteiger charge is -2.21. The standard InChI is InChI=1S/C16H15BrN4O5/c1-7-18-14-9(4-8(17)5-11(14)21(7)6-13(23)24)15(25)19-10-2-3-12(22)20-16(10)26/h4-5,10H,2-3,6H2,1H3,(H,19,25)(H,23,24)(H,20,22,26). The molecule has 1 saturated heterocycles. The highest BCUT2D eigenvalue weighted by Crippen LogP contribution is 2.25. The summed E-state index contributed by atoms with van der Waals surface area (Å²) in [5, 5.41) is 13.9. The number of imide groups is 1. The molecule has 3 amide bonds. The van der Waals surface area contributed by atoms with E-state index in [9.17, 15) is 19.2 Å². The molecule has 1 aromatic heterocycles. The Kier molecular flexibility index (Phi) is 4.77. The molecule has 1 aromatic carbocycles. The fourth-order valence-corrected chi connectivity index (χ4v) is 3.33. The molecule has 1 atom stereocenters. The number of aromatic nitrogens is 2. The molecule has 0 spiro atoms. The maximum atomic E-state index is 12.7. The van der Waals surface area contributed by atoms with Crippen molar-refractivity contribution in [2.24, 2.45) is 0 Å². The lowest BCUT2D eigenvalue weighted by molar-refractivity contribution is -0.138. The number of imidazole rings is 1. The summed E-state index contributed by atoms with van der Waals surface area (Å²) < 4.78 is 2.07. The summed E-state index contributed by atoms with van der Waals surface area (Å²) in [6.45, 7) is 1.37. The second-order valence-electron chi connectivity index (χ2n) is 5.94. The number of hydrogen-bond acceptors (Lipinski definition) is 5. The lowest BCUT2D eigenvalue weighted by atomic mass is 10.1. The van der Waals surface area contributed by atoms with E-state index in [1.54, 1.807) is 19.1 Å². The zero-order chi connectivity index (χ0) is 19.0. The summed E-state index contributed by atoms with van der Waals surface area (Å²) in [6.07, 6.45) is 0.372. The summed E-state index contributed by atoms with van der Waals surface area (Å²) in [4.78, 5) is 51.1. The second kappa shape index (κ2) is 6.87. The summed E-state index contributed by atoms with van der Waals surface area (Å²) >= 11 is 3.31. The number of nitrogens with one attached hydrogen (secondary N) is 2. The van der Waals surface area contributed by atoms with E-state index in [2.05, 4.69) is 31.5 Å². The average Bonchev–Trinajstić information content (AvgIpc) is 2.85. The van der Waals surface area contributed by atoms with Crippen molar-refractivity contribution in [3.05, 3.63) is 28.0 Å². The number of benzene rings is 1. The molecule has 0 aliphatic carbocycles. The lowest BCUT2D eigenvalue weighted by Crippen LogP contribution is -2.52. The van der Waals surface area contributed by atoms with Gasteiger partial charge in [-0.25, -0.2) is 4.98 Å². The van der Waals surface area contributed by atoms with Crippen LogP contribution < -0.4 is 10.6 Å². The van der Waals surface area contributed by atoms with Gasteiger partial charge in [-0.1, -0.05) is 15.9 Å². The Morgan fingerprint density at radius 1 is 1.42 bits per heavy atom. The first-order chi connectivity index (χ1) is 12.3. The first-order valence-corrected chi connectivity index (χ1v) is 8.58. The van der Waals surface area contributed by atoms with Gasteiger partial charge in [0.1, 0.15) is 23.9 Å². The Labute approximate surface area is 155 Å². The van der Waals surface area contributed by atoms with Crippen LogP contribution in [0.5, 0.6) is 0 Å². The van der Waals surface area contributed by atoms with Crippen LogP contribution in [0.25, 0.3) is 11.0 Å². The molecule has 1 fully saturated rings. The van der Waals surface area contributed by atoms with Crippen LogP contribution in [0.4, 0.5) is 0 Å². The molecule has 2 heterocycles. The number of hydrogen-bond donors (Lipinski definition) is 3. The number of aryl methyl sites for hydroxylation is 1. The maximum Gasteiger partial charge on any atom is 0.323 e. The molecular weight excluding hydrogens is 408 g/mol. The van der Waals surface area contributed by atoms with Crippen LogP contribution in [0.2, 0.25) is 0 Å². The molecule has 3 rings (SSSR count). The van der Waals surface area contributed by atoms with E-state index in [1.807, 2.05) is 0 Å². The Morgan fingerprint density at radius 3 is 2.81 bits per heavy atom. The monoisotopic (exact) mass is 422 g/mol. The number of carboxylic acids is 1. The van der Waals surface area contributed by atoms with Crippen LogP contribution in [-0.2, 0) is 20.9 Å². The van der Waals surface area contributed by atoms with Crippen LogP contribution in [0.15, 0.2) is 16.6 Å². The minimum atomic E-state index is -1.03. The number of halogens is 1. The van der Waals surface area contributed by atoms with Crippen molar-refractivity contribution in [1.29, 1.82) is 0 Å². The topological polar surface area (TPSA) is 130 Å². The summed E-state index contributed by atoms with van der Waals surface area (Å²) in [5.41, 5.74) is 1.05. The van der Waals surface area contributed by atoms with Crippen molar-refractivity contribution in [3.63, 3.8) is 0 Å². The Hall–Kier alpha value is -2.75. The van der Waals surface area contributed by atoms with Crippen molar-refractivity contribution in [2.75, 3.05) is 0 Å². The molecule has 9 nitrogen and oxygen atoms in total. The quantitative estimate of drug-likeness (QED) is 0.622. The van der Waals surface area contributed by atoms with E-state index >= 15 is 0 Å². The van der Waals surface area contributed by atoms with Gasteiger partial charge in [0.25, 0.3) is 5.91 Å². The Morgan fingerprint density at radius 2 is 2.15 bits per heavy atom. The van der Waals surface area contributed by atoms with Crippen LogP contribution in [0, 0.1) is 6.92 Å². The zero-order valence-corrected chi connectivity index (χ0v) is 15.3. The number of carbonyl (C=O) groups is 4. The molecule has 1 unspecified atom stereocenters. The second-order valence-corrected chi connectivity index (χ2v) is 6.85. The average molecular weight is 423 g/mol. The highest BCUT2D eigenvalue weighted by atomic mass is 79.9. The smallest absolute Gasteiger partial charge is 0.323 e. The number of fused-ring (bicyclic) bond motifs is 1. The van der Waals surface area contributed by atoms with E-state index < -0.39 is 23.8 Å². The van der Waals surface area contributed by atoms with Gasteiger partial charge in [0.2, 0.25) is 11.8 Å². The van der Waals surface area contributed by atoms with E-state index in [0.29, 0.717) is 21.3 Å². The Balaban J connectivity index is 1.96. The van der Waals surface area contributed by atoms with Crippen LogP contribution in [0.1, 0.15) is 29.0 Å². The van der Waals surface area contributed by atoms with Gasteiger partial charge in [0, 0.05) is 10.9 Å². The van der Waals surface area contributed by atoms with Crippen molar-refractivity contribution >= 4 is 50.7 Å². The number of piperidine rings is 1. The predicted octanol–water partition coefficient (Wildman–Crippen LogP) is 0.727. The third kappa shape index (κ3) is 3.45. The van der Waals surface area contributed by atoms with Crippen molar-refractivity contribution in [2.45, 2.75) is 32.4 Å². The van der Waals surface area contributed by atoms with Gasteiger partial charge in [-0.05, 0) is 25.5 Å². The zero-order valence-electron chi connectivity index (χ0n) is 13.7. The predicted molar refractivity (Wildman–Crippen MR) is 93.4 cm³/mol. The van der Waals surface area contributed by atoms with Gasteiger partial charge < -0.3 is 15.0 Å². The molecule has 10 heteroatoms. The molecule has 1 aliphatic rings. The fourth-order valence-electron chi connectivity index (χ4n) is 2.88. The fraction of sp³-hybridized carbons (Fsp3) is 0.312. The number of aliphatic carboxylic acids is 1. The normalized spacial score (nSPS) is 17.2. The van der Waals surface area contributed by atoms with Crippen LogP contribution in [-0.4, -0.2) is 44.4 Å². The molecule has 26 heavy (non-hydrogen) atoms. The molecule has 3 N–H and O–H groups in total. The highest BCUT2D eigenvalue weighted by Gasteiger charge is 2.29. The van der Waals surface area contributed by atoms with E-state index in [4.69, 9.17) is 5.11 Å². The molecule has 1 aliphatic heterocycles. The van der Waals surface area contributed by atoms with Crippen molar-refractivity contribution in [3.8, 4) is 0 Å². The van der Waals surface area contributed by atoms with Gasteiger partial charge in [-0.3, -0.25) is 24.5 Å². The number of carbonyl (C=O) groups excluding carboxylic acids is 3. The van der Waals surface area contributed by atoms with Gasteiger partial charge in [-0.15, -0.1) is 0 Å². The van der Waals surface area contributed by atoms with Gasteiger partial charge in [0.05, 0.1) is 11.1 Å². The number of rotatable bonds is 4. The number of carboxylic acid groups (broad SMARTS) is 1. The summed E-state index contributed by atoms with van der Waals surface area (Å²) in [5.74, 6) is -2.01. The first-order valence-electron chi connectivity index (χ1n) is 7.79. The maximum absolute atomic E-state index is 12.7. The SMILES string of the molecule is Cc1nc2c(C(=O)NC3CCC(=O)NC3=O)cc(Br)cc2n1CC(=O)O. The summed E-state index contributed by atoms with van der Waals surface area (Å²) in [6, 6.07) is 2.43. The number of amides is 3. The van der Waals surface area contributed by atoms with Gasteiger partial charge >= 0.3 is 5.97 Å².